The molecule has 1 aromatic rings. The molecule has 0 unspecified atom stereocenters. The van der Waals surface area contributed by atoms with Crippen molar-refractivity contribution in [1.82, 2.24) is 4.90 Å². The Morgan fingerprint density at radius 2 is 2.22 bits per heavy atom. The van der Waals surface area contributed by atoms with Gasteiger partial charge in [-0.25, -0.2) is 0 Å². The highest BCUT2D eigenvalue weighted by Gasteiger charge is 2.44. The third kappa shape index (κ3) is 1.77. The van der Waals surface area contributed by atoms with Gasteiger partial charge >= 0.3 is 0 Å². The number of nitrogens with one attached hydrogen (secondary N) is 1. The number of hydrogen-bond acceptors (Lipinski definition) is 3. The van der Waals surface area contributed by atoms with Crippen molar-refractivity contribution in [1.29, 1.82) is 0 Å². The molecule has 18 heavy (non-hydrogen) atoms. The van der Waals surface area contributed by atoms with Gasteiger partial charge in [-0.05, 0) is 18.1 Å². The molecule has 1 saturated heterocycles. The summed E-state index contributed by atoms with van der Waals surface area (Å²) in [6.45, 7) is 2.89. The Bertz CT molecular complexity index is 455. The SMILES string of the molecule is CCC1(O)CN(C(=O)[C@@H]2Cc3ccccc3N2)C1. The van der Waals surface area contributed by atoms with E-state index < -0.39 is 5.60 Å². The average molecular weight is 246 g/mol. The van der Waals surface area contributed by atoms with Crippen LogP contribution in [-0.4, -0.2) is 40.6 Å². The lowest BCUT2D eigenvalue weighted by atomic mass is 9.90. The number of aliphatic hydroxyl groups is 1. The second kappa shape index (κ2) is 3.99. The first-order valence-corrected chi connectivity index (χ1v) is 6.47. The minimum atomic E-state index is -0.652. The summed E-state index contributed by atoms with van der Waals surface area (Å²) >= 11 is 0. The molecule has 4 nitrogen and oxygen atoms in total. The standard InChI is InChI=1S/C14H18N2O2/c1-2-14(18)8-16(9-14)13(17)12-7-10-5-3-4-6-11(10)15-12/h3-6,12,15,18H,2,7-9H2,1H3/t12-/m0/s1. The maximum absolute atomic E-state index is 12.3. The zero-order valence-electron chi connectivity index (χ0n) is 10.5. The number of likely N-dealkylation sites (tertiary alicyclic amines) is 1. The van der Waals surface area contributed by atoms with Gasteiger partial charge in [0.1, 0.15) is 6.04 Å². The monoisotopic (exact) mass is 246 g/mol. The summed E-state index contributed by atoms with van der Waals surface area (Å²) in [5.74, 6) is 0.101. The number of amides is 1. The van der Waals surface area contributed by atoms with Gasteiger partial charge in [-0.15, -0.1) is 0 Å². The van der Waals surface area contributed by atoms with Crippen LogP contribution >= 0.6 is 0 Å². The van der Waals surface area contributed by atoms with Gasteiger partial charge in [0, 0.05) is 12.1 Å². The Balaban J connectivity index is 1.64. The Labute approximate surface area is 107 Å². The normalized spacial score (nSPS) is 24.1. The van der Waals surface area contributed by atoms with E-state index in [-0.39, 0.29) is 11.9 Å². The molecule has 0 aromatic heterocycles. The molecule has 0 aliphatic carbocycles. The smallest absolute Gasteiger partial charge is 0.245 e. The molecule has 2 heterocycles. The fraction of sp³-hybridized carbons (Fsp3) is 0.500. The molecule has 0 bridgehead atoms. The number of benzene rings is 1. The molecule has 2 aliphatic rings. The van der Waals surface area contributed by atoms with Crippen molar-refractivity contribution >= 4 is 11.6 Å². The van der Waals surface area contributed by atoms with E-state index in [4.69, 9.17) is 0 Å². The quantitative estimate of drug-likeness (QED) is 0.818. The lowest BCUT2D eigenvalue weighted by Gasteiger charge is -2.46. The summed E-state index contributed by atoms with van der Waals surface area (Å²) in [4.78, 5) is 14.0. The van der Waals surface area contributed by atoms with Gasteiger partial charge in [0.15, 0.2) is 0 Å². The molecule has 0 radical (unpaired) electrons. The van der Waals surface area contributed by atoms with Crippen molar-refractivity contribution in [2.45, 2.75) is 31.4 Å². The molecule has 4 heteroatoms. The Hall–Kier alpha value is -1.55. The fourth-order valence-electron chi connectivity index (χ4n) is 2.71. The molecule has 1 atom stereocenters. The molecule has 1 aromatic carbocycles. The molecular weight excluding hydrogens is 228 g/mol. The van der Waals surface area contributed by atoms with Crippen molar-refractivity contribution in [2.24, 2.45) is 0 Å². The van der Waals surface area contributed by atoms with Crippen LogP contribution in [0, 0.1) is 0 Å². The van der Waals surface area contributed by atoms with E-state index >= 15 is 0 Å². The van der Waals surface area contributed by atoms with Crippen LogP contribution in [0.3, 0.4) is 0 Å². The third-order valence-electron chi connectivity index (χ3n) is 4.01. The number of anilines is 1. The number of nitrogens with zero attached hydrogens (tertiary/aromatic N) is 1. The van der Waals surface area contributed by atoms with Crippen LogP contribution in [0.4, 0.5) is 5.69 Å². The second-order valence-corrected chi connectivity index (χ2v) is 5.33. The van der Waals surface area contributed by atoms with Gasteiger partial charge < -0.3 is 15.3 Å². The fourth-order valence-corrected chi connectivity index (χ4v) is 2.71. The molecule has 1 fully saturated rings. The molecule has 0 saturated carbocycles. The first-order chi connectivity index (χ1) is 8.61. The van der Waals surface area contributed by atoms with Gasteiger partial charge in [-0.1, -0.05) is 25.1 Å². The number of hydrogen-bond donors (Lipinski definition) is 2. The van der Waals surface area contributed by atoms with Crippen LogP contribution in [0.2, 0.25) is 0 Å². The lowest BCUT2D eigenvalue weighted by molar-refractivity contribution is -0.156. The van der Waals surface area contributed by atoms with E-state index in [1.54, 1.807) is 4.90 Å². The zero-order valence-corrected chi connectivity index (χ0v) is 10.5. The van der Waals surface area contributed by atoms with Crippen molar-refractivity contribution in [3.05, 3.63) is 29.8 Å². The van der Waals surface area contributed by atoms with Gasteiger partial charge in [0.05, 0.1) is 18.7 Å². The van der Waals surface area contributed by atoms with Crippen LogP contribution in [0.15, 0.2) is 24.3 Å². The summed E-state index contributed by atoms with van der Waals surface area (Å²) in [6, 6.07) is 7.85. The molecule has 1 amide bonds. The van der Waals surface area contributed by atoms with Crippen LogP contribution < -0.4 is 5.32 Å². The average Bonchev–Trinajstić information content (AvgIpc) is 2.77. The summed E-state index contributed by atoms with van der Waals surface area (Å²) < 4.78 is 0. The van der Waals surface area contributed by atoms with E-state index in [1.165, 1.54) is 5.56 Å². The van der Waals surface area contributed by atoms with Gasteiger partial charge in [0.25, 0.3) is 0 Å². The topological polar surface area (TPSA) is 52.6 Å². The summed E-state index contributed by atoms with van der Waals surface area (Å²) in [6.07, 6.45) is 1.45. The third-order valence-corrected chi connectivity index (χ3v) is 4.01. The van der Waals surface area contributed by atoms with Crippen molar-refractivity contribution < 1.29 is 9.90 Å². The highest BCUT2D eigenvalue weighted by molar-refractivity contribution is 5.88. The molecule has 0 spiro atoms. The highest BCUT2D eigenvalue weighted by atomic mass is 16.3. The maximum Gasteiger partial charge on any atom is 0.245 e. The first-order valence-electron chi connectivity index (χ1n) is 6.47. The zero-order chi connectivity index (χ0) is 12.8. The van der Waals surface area contributed by atoms with Gasteiger partial charge in [-0.3, -0.25) is 4.79 Å². The Morgan fingerprint density at radius 1 is 1.50 bits per heavy atom. The van der Waals surface area contributed by atoms with Crippen LogP contribution in [-0.2, 0) is 11.2 Å². The lowest BCUT2D eigenvalue weighted by Crippen LogP contribution is -2.65. The van der Waals surface area contributed by atoms with E-state index in [1.807, 2.05) is 31.2 Å². The van der Waals surface area contributed by atoms with Crippen LogP contribution in [0.1, 0.15) is 18.9 Å². The highest BCUT2D eigenvalue weighted by Crippen LogP contribution is 2.29. The molecule has 2 aliphatic heterocycles. The number of carbonyl (C=O) groups is 1. The minimum absolute atomic E-state index is 0.101. The van der Waals surface area contributed by atoms with Gasteiger partial charge in [0.2, 0.25) is 5.91 Å². The predicted molar refractivity (Wildman–Crippen MR) is 69.4 cm³/mol. The first kappa shape index (κ1) is 11.5. The molecule has 3 rings (SSSR count). The van der Waals surface area contributed by atoms with Gasteiger partial charge in [-0.2, -0.15) is 0 Å². The Kier molecular flexibility index (Phi) is 2.55. The summed E-state index contributed by atoms with van der Waals surface area (Å²) in [5.41, 5.74) is 1.60. The van der Waals surface area contributed by atoms with Crippen LogP contribution in [0.5, 0.6) is 0 Å². The van der Waals surface area contributed by atoms with E-state index in [2.05, 4.69) is 5.32 Å². The summed E-state index contributed by atoms with van der Waals surface area (Å²) in [5, 5.41) is 13.2. The van der Waals surface area contributed by atoms with Crippen LogP contribution in [0.25, 0.3) is 0 Å². The van der Waals surface area contributed by atoms with E-state index in [0.717, 1.165) is 12.1 Å². The maximum atomic E-state index is 12.3. The van der Waals surface area contributed by atoms with Crippen molar-refractivity contribution in [3.8, 4) is 0 Å². The number of β-amino-alcohol motifs (C(OH)–C–C–N with tert-alkyl or cyclic N) is 1. The second-order valence-electron chi connectivity index (χ2n) is 5.33. The summed E-state index contributed by atoms with van der Waals surface area (Å²) in [7, 11) is 0. The molecule has 96 valence electrons. The van der Waals surface area contributed by atoms with E-state index in [9.17, 15) is 9.90 Å². The van der Waals surface area contributed by atoms with E-state index in [0.29, 0.717) is 19.5 Å². The minimum Gasteiger partial charge on any atom is -0.386 e. The predicted octanol–water partition coefficient (Wildman–Crippen LogP) is 1.01. The number of para-hydroxylation sites is 1. The molecule has 2 N–H and O–H groups in total. The Morgan fingerprint density at radius 3 is 2.89 bits per heavy atom. The number of carbonyl (C=O) groups excluding carboxylic acids is 1. The number of fused-ring (bicyclic) bond motifs is 1. The van der Waals surface area contributed by atoms with Crippen molar-refractivity contribution in [3.63, 3.8) is 0 Å². The van der Waals surface area contributed by atoms with Crippen molar-refractivity contribution in [2.75, 3.05) is 18.4 Å². The molecular formula is C14H18N2O2. The largest absolute Gasteiger partial charge is 0.386 e. The number of rotatable bonds is 2.